The Kier molecular flexibility index (Phi) is 6.05. The van der Waals surface area contributed by atoms with Crippen LogP contribution in [0.2, 0.25) is 5.02 Å². The minimum atomic E-state index is 0.212. The van der Waals surface area contributed by atoms with Crippen LogP contribution < -0.4 is 5.32 Å². The fourth-order valence-corrected chi connectivity index (χ4v) is 3.30. The van der Waals surface area contributed by atoms with E-state index >= 15 is 0 Å². The molecule has 0 atom stereocenters. The van der Waals surface area contributed by atoms with Crippen molar-refractivity contribution in [1.82, 2.24) is 5.32 Å². The second-order valence-electron chi connectivity index (χ2n) is 4.95. The SMILES string of the molecule is O=C(CCCSc1ccc(Cl)cc1)NC1CCCC1. The number of hydrogen-bond acceptors (Lipinski definition) is 2. The van der Waals surface area contributed by atoms with Gasteiger partial charge in [-0.05, 0) is 49.3 Å². The van der Waals surface area contributed by atoms with E-state index in [1.54, 1.807) is 11.8 Å². The quantitative estimate of drug-likeness (QED) is 0.627. The van der Waals surface area contributed by atoms with Crippen molar-refractivity contribution in [3.05, 3.63) is 29.3 Å². The first-order valence-corrected chi connectivity index (χ1v) is 8.28. The van der Waals surface area contributed by atoms with Crippen LogP contribution in [0, 0.1) is 0 Å². The second kappa shape index (κ2) is 7.81. The Morgan fingerprint density at radius 3 is 2.63 bits per heavy atom. The molecule has 1 aliphatic carbocycles. The smallest absolute Gasteiger partial charge is 0.220 e. The zero-order valence-electron chi connectivity index (χ0n) is 11.0. The number of carbonyl (C=O) groups excluding carboxylic acids is 1. The van der Waals surface area contributed by atoms with Crippen LogP contribution in [0.4, 0.5) is 0 Å². The van der Waals surface area contributed by atoms with Crippen LogP contribution in [0.3, 0.4) is 0 Å². The van der Waals surface area contributed by atoms with E-state index in [0.29, 0.717) is 12.5 Å². The van der Waals surface area contributed by atoms with Crippen LogP contribution in [0.1, 0.15) is 38.5 Å². The van der Waals surface area contributed by atoms with Crippen LogP contribution >= 0.6 is 23.4 Å². The van der Waals surface area contributed by atoms with Crippen molar-refractivity contribution >= 4 is 29.3 Å². The van der Waals surface area contributed by atoms with E-state index in [4.69, 9.17) is 11.6 Å². The first-order chi connectivity index (χ1) is 9.24. The molecule has 1 saturated carbocycles. The molecular weight excluding hydrogens is 278 g/mol. The summed E-state index contributed by atoms with van der Waals surface area (Å²) in [6.07, 6.45) is 6.40. The average Bonchev–Trinajstić information content (AvgIpc) is 2.89. The molecule has 2 nitrogen and oxygen atoms in total. The standard InChI is InChI=1S/C15H20ClNOS/c16-12-7-9-14(10-8-12)19-11-3-6-15(18)17-13-4-1-2-5-13/h7-10,13H,1-6,11H2,(H,17,18). The average molecular weight is 298 g/mol. The molecule has 0 bridgehead atoms. The summed E-state index contributed by atoms with van der Waals surface area (Å²) in [5.74, 6) is 1.18. The molecule has 19 heavy (non-hydrogen) atoms. The van der Waals surface area contributed by atoms with Gasteiger partial charge in [-0.15, -0.1) is 11.8 Å². The molecule has 1 aromatic carbocycles. The monoisotopic (exact) mass is 297 g/mol. The van der Waals surface area contributed by atoms with Crippen molar-refractivity contribution in [1.29, 1.82) is 0 Å². The largest absolute Gasteiger partial charge is 0.353 e. The van der Waals surface area contributed by atoms with Gasteiger partial charge in [0.1, 0.15) is 0 Å². The highest BCUT2D eigenvalue weighted by Crippen LogP contribution is 2.21. The normalized spacial score (nSPS) is 15.6. The number of rotatable bonds is 6. The lowest BCUT2D eigenvalue weighted by molar-refractivity contribution is -0.121. The Bertz CT molecular complexity index is 401. The highest BCUT2D eigenvalue weighted by atomic mass is 35.5. The van der Waals surface area contributed by atoms with E-state index in [0.717, 1.165) is 30.0 Å². The van der Waals surface area contributed by atoms with Crippen molar-refractivity contribution in [3.63, 3.8) is 0 Å². The van der Waals surface area contributed by atoms with E-state index in [1.807, 2.05) is 24.3 Å². The van der Waals surface area contributed by atoms with Crippen molar-refractivity contribution in [2.75, 3.05) is 5.75 Å². The van der Waals surface area contributed by atoms with Crippen LogP contribution in [0.15, 0.2) is 29.2 Å². The Morgan fingerprint density at radius 1 is 1.26 bits per heavy atom. The number of hydrogen-bond donors (Lipinski definition) is 1. The predicted octanol–water partition coefficient (Wildman–Crippen LogP) is 4.27. The van der Waals surface area contributed by atoms with E-state index in [1.165, 1.54) is 17.7 Å². The molecule has 0 heterocycles. The summed E-state index contributed by atoms with van der Waals surface area (Å²) in [6.45, 7) is 0. The summed E-state index contributed by atoms with van der Waals surface area (Å²) in [6, 6.07) is 8.28. The summed E-state index contributed by atoms with van der Waals surface area (Å²) in [5.41, 5.74) is 0. The fourth-order valence-electron chi connectivity index (χ4n) is 2.32. The molecule has 1 amide bonds. The maximum absolute atomic E-state index is 11.7. The van der Waals surface area contributed by atoms with Gasteiger partial charge in [0.15, 0.2) is 0 Å². The lowest BCUT2D eigenvalue weighted by Gasteiger charge is -2.11. The molecule has 0 radical (unpaired) electrons. The zero-order chi connectivity index (χ0) is 13.5. The maximum atomic E-state index is 11.7. The van der Waals surface area contributed by atoms with Gasteiger partial charge in [-0.2, -0.15) is 0 Å². The number of halogens is 1. The Morgan fingerprint density at radius 2 is 1.95 bits per heavy atom. The summed E-state index contributed by atoms with van der Waals surface area (Å²) < 4.78 is 0. The second-order valence-corrected chi connectivity index (χ2v) is 6.56. The lowest BCUT2D eigenvalue weighted by atomic mass is 10.2. The molecule has 0 aliphatic heterocycles. The number of carbonyl (C=O) groups is 1. The molecule has 104 valence electrons. The maximum Gasteiger partial charge on any atom is 0.220 e. The van der Waals surface area contributed by atoms with Crippen LogP contribution in [-0.2, 0) is 4.79 Å². The molecule has 0 unspecified atom stereocenters. The van der Waals surface area contributed by atoms with Crippen LogP contribution in [0.5, 0.6) is 0 Å². The van der Waals surface area contributed by atoms with Crippen molar-refractivity contribution in [2.24, 2.45) is 0 Å². The first kappa shape index (κ1) is 14.7. The van der Waals surface area contributed by atoms with Crippen molar-refractivity contribution < 1.29 is 4.79 Å². The first-order valence-electron chi connectivity index (χ1n) is 6.92. The van der Waals surface area contributed by atoms with Crippen LogP contribution in [0.25, 0.3) is 0 Å². The highest BCUT2D eigenvalue weighted by Gasteiger charge is 2.16. The fraction of sp³-hybridized carbons (Fsp3) is 0.533. The van der Waals surface area contributed by atoms with Gasteiger partial charge in [-0.25, -0.2) is 0 Å². The molecule has 1 N–H and O–H groups in total. The minimum absolute atomic E-state index is 0.212. The third-order valence-electron chi connectivity index (χ3n) is 3.35. The molecule has 4 heteroatoms. The molecule has 2 rings (SSSR count). The van der Waals surface area contributed by atoms with Gasteiger partial charge in [0.05, 0.1) is 0 Å². The van der Waals surface area contributed by atoms with Gasteiger partial charge in [0, 0.05) is 22.4 Å². The topological polar surface area (TPSA) is 29.1 Å². The Hall–Kier alpha value is -0.670. The minimum Gasteiger partial charge on any atom is -0.353 e. The molecule has 0 aromatic heterocycles. The molecule has 0 spiro atoms. The predicted molar refractivity (Wildman–Crippen MR) is 81.8 cm³/mol. The van der Waals surface area contributed by atoms with Gasteiger partial charge in [0.2, 0.25) is 5.91 Å². The summed E-state index contributed by atoms with van der Waals surface area (Å²) in [4.78, 5) is 12.9. The van der Waals surface area contributed by atoms with Crippen molar-refractivity contribution in [3.8, 4) is 0 Å². The lowest BCUT2D eigenvalue weighted by Crippen LogP contribution is -2.32. The Labute approximate surface area is 124 Å². The van der Waals surface area contributed by atoms with E-state index < -0.39 is 0 Å². The number of nitrogens with one attached hydrogen (secondary N) is 1. The third kappa shape index (κ3) is 5.45. The van der Waals surface area contributed by atoms with E-state index in [9.17, 15) is 4.79 Å². The molecule has 1 fully saturated rings. The molecule has 1 aliphatic rings. The summed E-state index contributed by atoms with van der Waals surface area (Å²) in [7, 11) is 0. The summed E-state index contributed by atoms with van der Waals surface area (Å²) in [5, 5.41) is 3.88. The van der Waals surface area contributed by atoms with Gasteiger partial charge < -0.3 is 5.32 Å². The number of benzene rings is 1. The number of thioether (sulfide) groups is 1. The summed E-state index contributed by atoms with van der Waals surface area (Å²) >= 11 is 7.61. The highest BCUT2D eigenvalue weighted by molar-refractivity contribution is 7.99. The zero-order valence-corrected chi connectivity index (χ0v) is 12.6. The van der Waals surface area contributed by atoms with Crippen molar-refractivity contribution in [2.45, 2.75) is 49.5 Å². The van der Waals surface area contributed by atoms with Gasteiger partial charge >= 0.3 is 0 Å². The Balaban J connectivity index is 1.58. The molecule has 0 saturated heterocycles. The van der Waals surface area contributed by atoms with Crippen LogP contribution in [-0.4, -0.2) is 17.7 Å². The van der Waals surface area contributed by atoms with E-state index in [2.05, 4.69) is 5.32 Å². The molecular formula is C15H20ClNOS. The third-order valence-corrected chi connectivity index (χ3v) is 4.70. The number of amides is 1. The van der Waals surface area contributed by atoms with Gasteiger partial charge in [0.25, 0.3) is 0 Å². The van der Waals surface area contributed by atoms with Gasteiger partial charge in [-0.1, -0.05) is 24.4 Å². The molecule has 1 aromatic rings. The van der Waals surface area contributed by atoms with Gasteiger partial charge in [-0.3, -0.25) is 4.79 Å². The van der Waals surface area contributed by atoms with E-state index in [-0.39, 0.29) is 5.91 Å².